The molecule has 3 aromatic rings. The second kappa shape index (κ2) is 11.4. The number of aromatic nitrogens is 3. The molecule has 8 heteroatoms. The average molecular weight is 465 g/mol. The molecular weight excluding hydrogens is 432 g/mol. The van der Waals surface area contributed by atoms with E-state index in [1.807, 2.05) is 30.3 Å². The van der Waals surface area contributed by atoms with Crippen LogP contribution in [0.5, 0.6) is 5.75 Å². The van der Waals surface area contributed by atoms with Crippen LogP contribution in [0.4, 0.5) is 0 Å². The maximum Gasteiger partial charge on any atom is 0.308 e. The zero-order valence-electron chi connectivity index (χ0n) is 19.5. The number of nitrogens with zero attached hydrogens (tertiary/aromatic N) is 4. The van der Waals surface area contributed by atoms with Crippen LogP contribution in [0.15, 0.2) is 48.9 Å². The quantitative estimate of drug-likeness (QED) is 0.469. The van der Waals surface area contributed by atoms with E-state index in [-0.39, 0.29) is 5.92 Å². The van der Waals surface area contributed by atoms with Crippen molar-refractivity contribution >= 4 is 16.9 Å². The van der Waals surface area contributed by atoms with E-state index in [1.165, 1.54) is 0 Å². The van der Waals surface area contributed by atoms with Crippen LogP contribution >= 0.6 is 0 Å². The lowest BCUT2D eigenvalue weighted by molar-refractivity contribution is -0.146. The van der Waals surface area contributed by atoms with Crippen LogP contribution in [-0.2, 0) is 11.2 Å². The summed E-state index contributed by atoms with van der Waals surface area (Å²) < 4.78 is 5.33. The Morgan fingerprint density at radius 2 is 2.12 bits per heavy atom. The minimum atomic E-state index is -0.748. The molecule has 1 saturated heterocycles. The molecule has 2 aromatic heterocycles. The molecule has 0 radical (unpaired) electrons. The molecule has 0 spiro atoms. The van der Waals surface area contributed by atoms with Crippen molar-refractivity contribution in [2.75, 3.05) is 26.7 Å². The first-order valence-corrected chi connectivity index (χ1v) is 11.9. The SMILES string of the molecule is COc1ccc2nccc(C(O)CC[C@@H]3CCN(CCCc4ccnnc4)C[C@@H]3C(=O)O)c2c1. The lowest BCUT2D eigenvalue weighted by Gasteiger charge is -2.37. The number of rotatable bonds is 10. The van der Waals surface area contributed by atoms with Crippen molar-refractivity contribution in [2.45, 2.75) is 38.2 Å². The van der Waals surface area contributed by atoms with Crippen LogP contribution < -0.4 is 4.74 Å². The van der Waals surface area contributed by atoms with Gasteiger partial charge in [-0.25, -0.2) is 0 Å². The Labute approximate surface area is 199 Å². The van der Waals surface area contributed by atoms with Crippen molar-refractivity contribution < 1.29 is 19.7 Å². The Morgan fingerprint density at radius 3 is 2.88 bits per heavy atom. The molecule has 1 fully saturated rings. The van der Waals surface area contributed by atoms with Crippen molar-refractivity contribution in [1.29, 1.82) is 0 Å². The van der Waals surface area contributed by atoms with Crippen LogP contribution in [0.1, 0.15) is 42.9 Å². The molecule has 1 aliphatic rings. The number of benzene rings is 1. The zero-order valence-corrected chi connectivity index (χ0v) is 19.5. The highest BCUT2D eigenvalue weighted by Crippen LogP contribution is 2.33. The van der Waals surface area contributed by atoms with Gasteiger partial charge in [0.15, 0.2) is 0 Å². The van der Waals surface area contributed by atoms with E-state index in [0.717, 1.165) is 54.4 Å². The minimum absolute atomic E-state index is 0.0513. The van der Waals surface area contributed by atoms with Crippen LogP contribution in [-0.4, -0.2) is 63.0 Å². The van der Waals surface area contributed by atoms with E-state index in [9.17, 15) is 15.0 Å². The first-order chi connectivity index (χ1) is 16.5. The smallest absolute Gasteiger partial charge is 0.308 e. The van der Waals surface area contributed by atoms with Crippen molar-refractivity contribution in [3.05, 3.63) is 60.0 Å². The van der Waals surface area contributed by atoms with Gasteiger partial charge in [-0.1, -0.05) is 0 Å². The van der Waals surface area contributed by atoms with Crippen LogP contribution in [0.25, 0.3) is 10.9 Å². The number of aliphatic hydroxyl groups is 1. The molecule has 8 nitrogen and oxygen atoms in total. The number of aliphatic carboxylic acids is 1. The summed E-state index contributed by atoms with van der Waals surface area (Å²) in [6.07, 6.45) is 8.37. The monoisotopic (exact) mass is 464 g/mol. The third kappa shape index (κ3) is 5.87. The number of fused-ring (bicyclic) bond motifs is 1. The second-order valence-electron chi connectivity index (χ2n) is 9.02. The zero-order chi connectivity index (χ0) is 23.9. The predicted molar refractivity (Wildman–Crippen MR) is 129 cm³/mol. The van der Waals surface area contributed by atoms with Crippen molar-refractivity contribution in [2.24, 2.45) is 11.8 Å². The van der Waals surface area contributed by atoms with Gasteiger partial charge in [0.2, 0.25) is 0 Å². The number of hydrogen-bond acceptors (Lipinski definition) is 7. The standard InChI is InChI=1S/C26H32N4O4/c1-34-20-5-6-24-22(15-20)21(9-11-27-24)25(31)7-4-19-10-14-30(17-23(19)26(32)33)13-2-3-18-8-12-28-29-16-18/h5-6,8-9,11-12,15-16,19,23,25,31H,2-4,7,10,13-14,17H2,1H3,(H,32,33)/t19-,23+,25?/m1/s1. The van der Waals surface area contributed by atoms with E-state index in [4.69, 9.17) is 4.74 Å². The molecule has 0 bridgehead atoms. The molecule has 1 aromatic carbocycles. The van der Waals surface area contributed by atoms with Gasteiger partial charge in [-0.2, -0.15) is 10.2 Å². The number of likely N-dealkylation sites (tertiary alicyclic amines) is 1. The fraction of sp³-hybridized carbons (Fsp3) is 0.462. The maximum atomic E-state index is 12.0. The number of carboxylic acids is 1. The van der Waals surface area contributed by atoms with Gasteiger partial charge in [0, 0.05) is 24.3 Å². The summed E-state index contributed by atoms with van der Waals surface area (Å²) in [7, 11) is 1.61. The second-order valence-corrected chi connectivity index (χ2v) is 9.02. The first kappa shape index (κ1) is 24.0. The van der Waals surface area contributed by atoms with E-state index in [2.05, 4.69) is 20.1 Å². The minimum Gasteiger partial charge on any atom is -0.497 e. The molecule has 4 rings (SSSR count). The molecule has 3 atom stereocenters. The number of pyridine rings is 1. The lowest BCUT2D eigenvalue weighted by Crippen LogP contribution is -2.44. The summed E-state index contributed by atoms with van der Waals surface area (Å²) >= 11 is 0. The summed E-state index contributed by atoms with van der Waals surface area (Å²) in [6.45, 7) is 2.31. The summed E-state index contributed by atoms with van der Waals surface area (Å²) in [5, 5.41) is 29.4. The fourth-order valence-corrected chi connectivity index (χ4v) is 4.96. The van der Waals surface area contributed by atoms with E-state index in [0.29, 0.717) is 25.1 Å². The Morgan fingerprint density at radius 1 is 1.24 bits per heavy atom. The van der Waals surface area contributed by atoms with Gasteiger partial charge in [-0.05, 0) is 92.6 Å². The topological polar surface area (TPSA) is 109 Å². The van der Waals surface area contributed by atoms with Crippen LogP contribution in [0.3, 0.4) is 0 Å². The van der Waals surface area contributed by atoms with Crippen LogP contribution in [0, 0.1) is 11.8 Å². The van der Waals surface area contributed by atoms with Crippen molar-refractivity contribution in [3.63, 3.8) is 0 Å². The normalized spacial score (nSPS) is 19.7. The molecule has 1 unspecified atom stereocenters. The highest BCUT2D eigenvalue weighted by atomic mass is 16.5. The molecule has 180 valence electrons. The summed E-state index contributed by atoms with van der Waals surface area (Å²) in [6, 6.07) is 9.42. The summed E-state index contributed by atoms with van der Waals surface area (Å²) in [5.41, 5.74) is 2.75. The molecule has 0 aliphatic carbocycles. The number of aliphatic hydroxyl groups excluding tert-OH is 1. The Bertz CT molecular complexity index is 1090. The highest BCUT2D eigenvalue weighted by Gasteiger charge is 2.34. The number of hydrogen-bond donors (Lipinski definition) is 2. The van der Waals surface area contributed by atoms with Crippen molar-refractivity contribution in [1.82, 2.24) is 20.1 Å². The Hall–Kier alpha value is -3.10. The molecular formula is C26H32N4O4. The Kier molecular flexibility index (Phi) is 8.03. The number of carbonyl (C=O) groups is 1. The van der Waals surface area contributed by atoms with Gasteiger partial charge in [0.1, 0.15) is 5.75 Å². The molecule has 1 aliphatic heterocycles. The van der Waals surface area contributed by atoms with Crippen molar-refractivity contribution in [3.8, 4) is 5.75 Å². The van der Waals surface area contributed by atoms with E-state index < -0.39 is 18.0 Å². The number of methoxy groups -OCH3 is 1. The third-order valence-corrected chi connectivity index (χ3v) is 6.89. The highest BCUT2D eigenvalue weighted by molar-refractivity contribution is 5.83. The Balaban J connectivity index is 1.34. The first-order valence-electron chi connectivity index (χ1n) is 11.9. The van der Waals surface area contributed by atoms with Gasteiger partial charge in [0.05, 0.1) is 30.8 Å². The average Bonchev–Trinajstić information content (AvgIpc) is 2.87. The molecule has 3 heterocycles. The molecule has 34 heavy (non-hydrogen) atoms. The molecule has 2 N–H and O–H groups in total. The van der Waals surface area contributed by atoms with Gasteiger partial charge in [0.25, 0.3) is 0 Å². The number of carboxylic acid groups (broad SMARTS) is 1. The fourth-order valence-electron chi connectivity index (χ4n) is 4.96. The van der Waals surface area contributed by atoms with Gasteiger partial charge in [-0.15, -0.1) is 0 Å². The third-order valence-electron chi connectivity index (χ3n) is 6.89. The van der Waals surface area contributed by atoms with E-state index >= 15 is 0 Å². The van der Waals surface area contributed by atoms with Gasteiger partial charge in [-0.3, -0.25) is 9.78 Å². The predicted octanol–water partition coefficient (Wildman–Crippen LogP) is 3.50. The number of ether oxygens (including phenoxy) is 1. The van der Waals surface area contributed by atoms with E-state index in [1.54, 1.807) is 25.7 Å². The van der Waals surface area contributed by atoms with Gasteiger partial charge >= 0.3 is 5.97 Å². The summed E-state index contributed by atoms with van der Waals surface area (Å²) in [4.78, 5) is 18.7. The number of piperidine rings is 1. The lowest BCUT2D eigenvalue weighted by atomic mass is 9.81. The van der Waals surface area contributed by atoms with Gasteiger partial charge < -0.3 is 19.8 Å². The summed E-state index contributed by atoms with van der Waals surface area (Å²) in [5.74, 6) is -0.401. The number of aryl methyl sites for hydroxylation is 1. The van der Waals surface area contributed by atoms with Crippen LogP contribution in [0.2, 0.25) is 0 Å². The molecule has 0 saturated carbocycles. The largest absolute Gasteiger partial charge is 0.497 e. The molecule has 0 amide bonds. The maximum absolute atomic E-state index is 12.0.